The highest BCUT2D eigenvalue weighted by Crippen LogP contribution is 2.68. The molecular formula is C27H44FNO6. The SMILES string of the molecule is C[C@H](CCC(=O)N(C[18F])CC(=O)O)[C@H]1CCC2C3C(C[C@H](O)[C@@]21C)[C@@]1(C)CC[C@@H](O)CC1C[C@H]3O. The molecule has 8 heteroatoms. The fourth-order valence-electron chi connectivity index (χ4n) is 9.20. The van der Waals surface area contributed by atoms with Crippen molar-refractivity contribution in [1.29, 1.82) is 0 Å². The van der Waals surface area contributed by atoms with E-state index in [2.05, 4.69) is 20.8 Å². The van der Waals surface area contributed by atoms with Crippen LogP contribution < -0.4 is 0 Å². The third-order valence-corrected chi connectivity index (χ3v) is 11.2. The maximum absolute atomic E-state index is 13.2. The summed E-state index contributed by atoms with van der Waals surface area (Å²) in [5.41, 5.74) is -0.329. The summed E-state index contributed by atoms with van der Waals surface area (Å²) in [5.74, 6) is -0.575. The number of hydrogen-bond acceptors (Lipinski definition) is 5. The van der Waals surface area contributed by atoms with E-state index in [0.717, 1.165) is 43.4 Å². The molecule has 35 heavy (non-hydrogen) atoms. The normalized spacial score (nSPS) is 45.7. The van der Waals surface area contributed by atoms with Crippen LogP contribution in [0.5, 0.6) is 0 Å². The van der Waals surface area contributed by atoms with Crippen molar-refractivity contribution in [2.75, 3.05) is 13.3 Å². The van der Waals surface area contributed by atoms with Gasteiger partial charge in [-0.3, -0.25) is 9.59 Å². The highest BCUT2D eigenvalue weighted by Gasteiger charge is 2.65. The van der Waals surface area contributed by atoms with Gasteiger partial charge in [0.15, 0.2) is 6.80 Å². The molecule has 4 aliphatic rings. The quantitative estimate of drug-likeness (QED) is 0.402. The van der Waals surface area contributed by atoms with E-state index in [4.69, 9.17) is 5.11 Å². The molecule has 0 spiro atoms. The van der Waals surface area contributed by atoms with Crippen LogP contribution in [0.4, 0.5) is 4.39 Å². The second-order valence-corrected chi connectivity index (χ2v) is 12.6. The van der Waals surface area contributed by atoms with Crippen molar-refractivity contribution in [3.63, 3.8) is 0 Å². The Labute approximate surface area is 208 Å². The zero-order valence-corrected chi connectivity index (χ0v) is 21.4. The average Bonchev–Trinajstić information content (AvgIpc) is 3.16. The smallest absolute Gasteiger partial charge is 0.323 e. The Morgan fingerprint density at radius 2 is 1.77 bits per heavy atom. The number of amides is 1. The second-order valence-electron chi connectivity index (χ2n) is 12.6. The molecule has 4 saturated carbocycles. The summed E-state index contributed by atoms with van der Waals surface area (Å²) in [6.45, 7) is 4.82. The van der Waals surface area contributed by atoms with Gasteiger partial charge in [-0.2, -0.15) is 0 Å². The monoisotopic (exact) mass is 496 g/mol. The van der Waals surface area contributed by atoms with Crippen molar-refractivity contribution in [3.8, 4) is 0 Å². The predicted molar refractivity (Wildman–Crippen MR) is 128 cm³/mol. The Kier molecular flexibility index (Phi) is 7.58. The fraction of sp³-hybridized carbons (Fsp3) is 0.926. The van der Waals surface area contributed by atoms with Crippen LogP contribution in [0.1, 0.15) is 78.6 Å². The lowest BCUT2D eigenvalue weighted by Gasteiger charge is -2.63. The van der Waals surface area contributed by atoms with Crippen molar-refractivity contribution < 1.29 is 34.4 Å². The molecule has 0 aromatic heterocycles. The number of rotatable bonds is 7. The number of hydrogen-bond donors (Lipinski definition) is 4. The van der Waals surface area contributed by atoms with Gasteiger partial charge in [0, 0.05) is 6.42 Å². The summed E-state index contributed by atoms with van der Waals surface area (Å²) in [6.07, 6.45) is 5.08. The van der Waals surface area contributed by atoms with E-state index in [9.17, 15) is 29.3 Å². The number of carboxylic acids is 1. The van der Waals surface area contributed by atoms with Crippen LogP contribution in [0, 0.1) is 46.3 Å². The third-order valence-electron chi connectivity index (χ3n) is 11.2. The van der Waals surface area contributed by atoms with Gasteiger partial charge in [-0.25, -0.2) is 4.39 Å². The minimum absolute atomic E-state index is 0.0293. The van der Waals surface area contributed by atoms with Crippen molar-refractivity contribution in [1.82, 2.24) is 4.90 Å². The number of fused-ring (bicyclic) bond motifs is 5. The molecule has 11 atom stereocenters. The predicted octanol–water partition coefficient (Wildman–Crippen LogP) is 3.20. The van der Waals surface area contributed by atoms with Crippen molar-refractivity contribution >= 4 is 11.9 Å². The number of alkyl halides is 1. The average molecular weight is 497 g/mol. The largest absolute Gasteiger partial charge is 0.480 e. The van der Waals surface area contributed by atoms with Gasteiger partial charge in [-0.15, -0.1) is 0 Å². The molecule has 0 radical (unpaired) electrons. The first-order valence-corrected chi connectivity index (χ1v) is 13.5. The minimum Gasteiger partial charge on any atom is -0.480 e. The van der Waals surface area contributed by atoms with E-state index in [1.807, 2.05) is 0 Å². The Balaban J connectivity index is 1.48. The van der Waals surface area contributed by atoms with Crippen LogP contribution >= 0.6 is 0 Å². The number of nitrogens with zero attached hydrogens (tertiary/aromatic N) is 1. The Morgan fingerprint density at radius 1 is 1.06 bits per heavy atom. The van der Waals surface area contributed by atoms with Gasteiger partial charge in [0.25, 0.3) is 0 Å². The molecule has 4 unspecified atom stereocenters. The zero-order chi connectivity index (χ0) is 25.7. The lowest BCUT2D eigenvalue weighted by atomic mass is 9.43. The number of aliphatic hydroxyl groups is 3. The first-order chi connectivity index (χ1) is 16.4. The number of aliphatic carboxylic acids is 1. The van der Waals surface area contributed by atoms with Crippen LogP contribution in [-0.2, 0) is 9.59 Å². The standard InChI is InChI=1S/C27H44FNO6/c1-15(4-7-23(33)29(14-28)13-24(34)35)18-5-6-19-25-20(12-22(32)27(18,19)3)26(2)9-8-17(30)10-16(26)11-21(25)31/h15-22,25,30-32H,4-14H2,1-3H3,(H,34,35)/t15-,16?,17-,18-,19?,20?,21-,22+,25?,26+,27-/m1/s1/i28-1. The fourth-order valence-corrected chi connectivity index (χ4v) is 9.20. The molecule has 0 saturated heterocycles. The van der Waals surface area contributed by atoms with Gasteiger partial charge in [-0.05, 0) is 97.7 Å². The lowest BCUT2D eigenvalue weighted by molar-refractivity contribution is -0.207. The van der Waals surface area contributed by atoms with Crippen LogP contribution in [0.15, 0.2) is 0 Å². The van der Waals surface area contributed by atoms with Crippen LogP contribution in [0.25, 0.3) is 0 Å². The summed E-state index contributed by atoms with van der Waals surface area (Å²) < 4.78 is 13.2. The maximum atomic E-state index is 13.2. The van der Waals surface area contributed by atoms with Crippen LogP contribution in [-0.4, -0.2) is 68.9 Å². The summed E-state index contributed by atoms with van der Waals surface area (Å²) in [6, 6.07) is 0. The molecule has 4 N–H and O–H groups in total. The molecule has 0 aromatic carbocycles. The van der Waals surface area contributed by atoms with Gasteiger partial charge in [-0.1, -0.05) is 20.8 Å². The zero-order valence-electron chi connectivity index (χ0n) is 21.4. The molecule has 4 aliphatic carbocycles. The van der Waals surface area contributed by atoms with E-state index in [0.29, 0.717) is 12.8 Å². The maximum Gasteiger partial charge on any atom is 0.323 e. The summed E-state index contributed by atoms with van der Waals surface area (Å²) in [7, 11) is 0. The number of carbonyl (C=O) groups is 2. The van der Waals surface area contributed by atoms with Gasteiger partial charge in [0.2, 0.25) is 5.91 Å². The van der Waals surface area contributed by atoms with Crippen molar-refractivity contribution in [2.24, 2.45) is 46.3 Å². The highest BCUT2D eigenvalue weighted by atomic mass is 18.2. The Morgan fingerprint density at radius 3 is 2.43 bits per heavy atom. The molecule has 4 rings (SSSR count). The van der Waals surface area contributed by atoms with E-state index >= 15 is 0 Å². The van der Waals surface area contributed by atoms with E-state index in [1.54, 1.807) is 0 Å². The third kappa shape index (κ3) is 4.52. The molecule has 0 heterocycles. The molecule has 7 nitrogen and oxygen atoms in total. The first-order valence-electron chi connectivity index (χ1n) is 13.5. The van der Waals surface area contributed by atoms with E-state index in [-0.39, 0.29) is 58.9 Å². The Bertz CT molecular complexity index is 811. The van der Waals surface area contributed by atoms with Crippen molar-refractivity contribution in [2.45, 2.75) is 96.9 Å². The summed E-state index contributed by atoms with van der Waals surface area (Å²) in [5, 5.41) is 42.1. The first kappa shape index (κ1) is 26.8. The number of halogens is 1. The van der Waals surface area contributed by atoms with Gasteiger partial charge >= 0.3 is 5.97 Å². The highest BCUT2D eigenvalue weighted by molar-refractivity contribution is 5.81. The van der Waals surface area contributed by atoms with Gasteiger partial charge in [0.1, 0.15) is 6.54 Å². The molecule has 0 aliphatic heterocycles. The number of carboxylic acid groups (broad SMARTS) is 1. The lowest BCUT2D eigenvalue weighted by Crippen LogP contribution is -2.62. The molecule has 0 aromatic rings. The summed E-state index contributed by atoms with van der Waals surface area (Å²) >= 11 is 0. The molecular weight excluding hydrogens is 452 g/mol. The van der Waals surface area contributed by atoms with E-state index < -0.39 is 37.4 Å². The second kappa shape index (κ2) is 9.90. The van der Waals surface area contributed by atoms with Gasteiger partial charge < -0.3 is 25.3 Å². The van der Waals surface area contributed by atoms with Crippen LogP contribution in [0.3, 0.4) is 0 Å². The number of aliphatic hydroxyl groups excluding tert-OH is 3. The van der Waals surface area contributed by atoms with Crippen LogP contribution in [0.2, 0.25) is 0 Å². The molecule has 200 valence electrons. The minimum atomic E-state index is -1.23. The van der Waals surface area contributed by atoms with Crippen molar-refractivity contribution in [3.05, 3.63) is 0 Å². The summed E-state index contributed by atoms with van der Waals surface area (Å²) in [4.78, 5) is 24.0. The molecule has 1 amide bonds. The number of carbonyl (C=O) groups excluding carboxylic acids is 1. The topological polar surface area (TPSA) is 118 Å². The Hall–Kier alpha value is -1.25. The molecule has 4 fully saturated rings. The van der Waals surface area contributed by atoms with Gasteiger partial charge in [0.05, 0.1) is 18.3 Å². The molecule has 0 bridgehead atoms. The van der Waals surface area contributed by atoms with E-state index in [1.165, 1.54) is 0 Å².